The van der Waals surface area contributed by atoms with E-state index in [9.17, 15) is 14.0 Å². The van der Waals surface area contributed by atoms with Crippen molar-refractivity contribution < 1.29 is 14.0 Å². The van der Waals surface area contributed by atoms with E-state index in [0.29, 0.717) is 6.42 Å². The topological polar surface area (TPSA) is 58.2 Å². The Balaban J connectivity index is 1.12. The number of carbonyl (C=O) groups excluding carboxylic acids is 2. The number of amides is 2. The van der Waals surface area contributed by atoms with Crippen molar-refractivity contribution in [3.8, 4) is 0 Å². The van der Waals surface area contributed by atoms with Gasteiger partial charge in [-0.3, -0.25) is 20.4 Å². The summed E-state index contributed by atoms with van der Waals surface area (Å²) in [4.78, 5) is 24.8. The smallest absolute Gasteiger partial charge is 0.242 e. The Labute approximate surface area is 159 Å². The first kappa shape index (κ1) is 17.2. The van der Waals surface area contributed by atoms with E-state index in [2.05, 4.69) is 10.9 Å². The Hall–Kier alpha value is -1.91. The zero-order chi connectivity index (χ0) is 18.6. The van der Waals surface area contributed by atoms with Crippen LogP contribution >= 0.6 is 0 Å². The van der Waals surface area contributed by atoms with Gasteiger partial charge in [-0.1, -0.05) is 12.1 Å². The average molecular weight is 370 g/mol. The van der Waals surface area contributed by atoms with Crippen LogP contribution in [0.15, 0.2) is 24.3 Å². The molecule has 5 saturated carbocycles. The van der Waals surface area contributed by atoms with Crippen LogP contribution in [0.25, 0.3) is 0 Å². The zero-order valence-corrected chi connectivity index (χ0v) is 15.5. The molecule has 1 aromatic rings. The Bertz CT molecular complexity index is 725. The highest BCUT2D eigenvalue weighted by atomic mass is 19.1. The molecule has 2 atom stereocenters. The van der Waals surface area contributed by atoms with E-state index in [1.165, 1.54) is 50.7 Å². The lowest BCUT2D eigenvalue weighted by molar-refractivity contribution is -0.134. The number of carbonyl (C=O) groups is 2. The first-order valence-electron chi connectivity index (χ1n) is 10.3. The van der Waals surface area contributed by atoms with Gasteiger partial charge >= 0.3 is 0 Å². The molecule has 5 aliphatic carbocycles. The molecule has 0 saturated heterocycles. The Morgan fingerprint density at radius 2 is 1.52 bits per heavy atom. The maximum atomic E-state index is 13.0. The van der Waals surface area contributed by atoms with Crippen LogP contribution in [0.1, 0.15) is 62.8 Å². The van der Waals surface area contributed by atoms with E-state index >= 15 is 0 Å². The van der Waals surface area contributed by atoms with Crippen LogP contribution in [-0.4, -0.2) is 11.8 Å². The molecular weight excluding hydrogens is 343 g/mol. The second-order valence-corrected chi connectivity index (χ2v) is 9.63. The van der Waals surface area contributed by atoms with Crippen molar-refractivity contribution in [2.24, 2.45) is 29.1 Å². The summed E-state index contributed by atoms with van der Waals surface area (Å²) in [5.41, 5.74) is 6.45. The van der Waals surface area contributed by atoms with Gasteiger partial charge < -0.3 is 0 Å². The molecule has 0 aromatic heterocycles. The van der Waals surface area contributed by atoms with Crippen LogP contribution in [-0.2, 0) is 9.59 Å². The Morgan fingerprint density at radius 3 is 2.11 bits per heavy atom. The van der Waals surface area contributed by atoms with Crippen LogP contribution in [0.2, 0.25) is 0 Å². The third kappa shape index (κ3) is 3.37. The number of halogens is 1. The fourth-order valence-electron chi connectivity index (χ4n) is 6.68. The SMILES string of the molecule is O=C(CC12CC3CC(CC(C3)C1)C2)NNC(=O)C1CC1c1ccc(F)cc1. The summed E-state index contributed by atoms with van der Waals surface area (Å²) in [5.74, 6) is 2.01. The number of hydrogen-bond donors (Lipinski definition) is 2. The first-order valence-corrected chi connectivity index (χ1v) is 10.3. The number of rotatable bonds is 4. The standard InChI is InChI=1S/C22H27FN2O2/c23-17-3-1-16(2-4-17)18-8-19(18)21(27)25-24-20(26)12-22-9-13-5-14(10-22)7-15(6-13)11-22/h1-4,13-15,18-19H,5-12H2,(H,24,26)(H,25,27). The van der Waals surface area contributed by atoms with Crippen molar-refractivity contribution in [1.82, 2.24) is 10.9 Å². The zero-order valence-electron chi connectivity index (χ0n) is 15.5. The van der Waals surface area contributed by atoms with E-state index < -0.39 is 0 Å². The van der Waals surface area contributed by atoms with Gasteiger partial charge in [0.2, 0.25) is 11.8 Å². The van der Waals surface area contributed by atoms with Gasteiger partial charge in [0.25, 0.3) is 0 Å². The van der Waals surface area contributed by atoms with Crippen LogP contribution in [0.3, 0.4) is 0 Å². The second-order valence-electron chi connectivity index (χ2n) is 9.63. The molecule has 27 heavy (non-hydrogen) atoms. The highest BCUT2D eigenvalue weighted by molar-refractivity contribution is 5.86. The molecule has 144 valence electrons. The molecule has 5 heteroatoms. The van der Waals surface area contributed by atoms with Gasteiger partial charge in [-0.05, 0) is 91.7 Å². The molecule has 5 fully saturated rings. The number of hydrazine groups is 1. The van der Waals surface area contributed by atoms with Gasteiger partial charge in [0, 0.05) is 12.3 Å². The Kier molecular flexibility index (Phi) is 4.03. The molecule has 4 nitrogen and oxygen atoms in total. The van der Waals surface area contributed by atoms with Crippen LogP contribution in [0.4, 0.5) is 4.39 Å². The maximum absolute atomic E-state index is 13.0. The average Bonchev–Trinajstić information content (AvgIpc) is 3.39. The van der Waals surface area contributed by atoms with Crippen LogP contribution < -0.4 is 10.9 Å². The highest BCUT2D eigenvalue weighted by Gasteiger charge is 2.51. The molecule has 0 radical (unpaired) electrons. The van der Waals surface area contributed by atoms with Crippen molar-refractivity contribution in [2.45, 2.75) is 57.3 Å². The largest absolute Gasteiger partial charge is 0.273 e. The Morgan fingerprint density at radius 1 is 0.926 bits per heavy atom. The number of nitrogens with one attached hydrogen (secondary N) is 2. The number of hydrogen-bond acceptors (Lipinski definition) is 2. The monoisotopic (exact) mass is 370 g/mol. The van der Waals surface area contributed by atoms with Crippen molar-refractivity contribution in [3.63, 3.8) is 0 Å². The minimum atomic E-state index is -0.266. The molecule has 5 aliphatic rings. The summed E-state index contributed by atoms with van der Waals surface area (Å²) < 4.78 is 13.0. The highest BCUT2D eigenvalue weighted by Crippen LogP contribution is 2.61. The van der Waals surface area contributed by atoms with E-state index in [0.717, 1.165) is 29.7 Å². The third-order valence-electron chi connectivity index (χ3n) is 7.45. The van der Waals surface area contributed by atoms with E-state index in [1.54, 1.807) is 12.1 Å². The van der Waals surface area contributed by atoms with Crippen molar-refractivity contribution in [2.75, 3.05) is 0 Å². The fourth-order valence-corrected chi connectivity index (χ4v) is 6.68. The van der Waals surface area contributed by atoms with Gasteiger partial charge in [0.05, 0.1) is 0 Å². The molecule has 2 amide bonds. The second kappa shape index (κ2) is 6.32. The van der Waals surface area contributed by atoms with E-state index in [1.807, 2.05) is 0 Å². The summed E-state index contributed by atoms with van der Waals surface area (Å²) in [6.07, 6.45) is 8.96. The van der Waals surface area contributed by atoms with Crippen LogP contribution in [0.5, 0.6) is 0 Å². The van der Waals surface area contributed by atoms with Crippen molar-refractivity contribution in [1.29, 1.82) is 0 Å². The molecule has 4 bridgehead atoms. The summed E-state index contributed by atoms with van der Waals surface area (Å²) in [6, 6.07) is 6.32. The van der Waals surface area contributed by atoms with Gasteiger partial charge in [0.15, 0.2) is 0 Å². The predicted octanol–water partition coefficient (Wildman–Crippen LogP) is 3.68. The molecule has 0 aliphatic heterocycles. The lowest BCUT2D eigenvalue weighted by Gasteiger charge is -2.56. The normalized spacial score (nSPS) is 38.5. The summed E-state index contributed by atoms with van der Waals surface area (Å²) in [6.45, 7) is 0. The van der Waals surface area contributed by atoms with Gasteiger partial charge in [-0.25, -0.2) is 4.39 Å². The van der Waals surface area contributed by atoms with Gasteiger partial charge in [-0.2, -0.15) is 0 Å². The van der Waals surface area contributed by atoms with Crippen molar-refractivity contribution >= 4 is 11.8 Å². The van der Waals surface area contributed by atoms with Gasteiger partial charge in [-0.15, -0.1) is 0 Å². The predicted molar refractivity (Wildman–Crippen MR) is 98.8 cm³/mol. The molecule has 6 rings (SSSR count). The first-order chi connectivity index (χ1) is 13.0. The molecular formula is C22H27FN2O2. The molecule has 0 spiro atoms. The lowest BCUT2D eigenvalue weighted by atomic mass is 9.49. The fraction of sp³-hybridized carbons (Fsp3) is 0.636. The quantitative estimate of drug-likeness (QED) is 0.795. The molecule has 2 unspecified atom stereocenters. The lowest BCUT2D eigenvalue weighted by Crippen LogP contribution is -2.50. The molecule has 0 heterocycles. The minimum absolute atomic E-state index is 0.0516. The van der Waals surface area contributed by atoms with E-state index in [-0.39, 0.29) is 34.9 Å². The summed E-state index contributed by atoms with van der Waals surface area (Å²) in [5, 5.41) is 0. The van der Waals surface area contributed by atoms with Crippen LogP contribution in [0, 0.1) is 34.9 Å². The summed E-state index contributed by atoms with van der Waals surface area (Å²) >= 11 is 0. The minimum Gasteiger partial charge on any atom is -0.273 e. The maximum Gasteiger partial charge on any atom is 0.242 e. The van der Waals surface area contributed by atoms with Gasteiger partial charge in [0.1, 0.15) is 5.82 Å². The molecule has 2 N–H and O–H groups in total. The van der Waals surface area contributed by atoms with E-state index in [4.69, 9.17) is 0 Å². The third-order valence-corrected chi connectivity index (χ3v) is 7.45. The van der Waals surface area contributed by atoms with Crippen molar-refractivity contribution in [3.05, 3.63) is 35.6 Å². The summed E-state index contributed by atoms with van der Waals surface area (Å²) in [7, 11) is 0. The number of benzene rings is 1. The molecule has 1 aromatic carbocycles.